The number of piperidine rings is 1. The van der Waals surface area contributed by atoms with E-state index < -0.39 is 0 Å². The molecule has 1 amide bonds. The highest BCUT2D eigenvalue weighted by atomic mass is 16.7. The van der Waals surface area contributed by atoms with Gasteiger partial charge in [-0.1, -0.05) is 6.07 Å². The van der Waals surface area contributed by atoms with Gasteiger partial charge >= 0.3 is 0 Å². The first-order valence-electron chi connectivity index (χ1n) is 8.82. The first-order chi connectivity index (χ1) is 12.3. The van der Waals surface area contributed by atoms with E-state index in [1.54, 1.807) is 12.7 Å². The van der Waals surface area contributed by atoms with Crippen LogP contribution in [0.3, 0.4) is 0 Å². The third-order valence-electron chi connectivity index (χ3n) is 5.60. The fourth-order valence-corrected chi connectivity index (χ4v) is 4.49. The molecular weight excluding hydrogens is 320 g/mol. The molecule has 3 aliphatic rings. The minimum atomic E-state index is 0.211. The lowest BCUT2D eigenvalue weighted by Gasteiger charge is -2.39. The standard InChI is InChI=1S/C18H20N4O3/c23-18(6-12-1-4-16-17(5-12)25-11-24-16)22-13-2-3-14(22)8-15(7-13)21-10-19-9-20-21/h1,4-5,9-10,13-15H,2-3,6-8,11H2. The third kappa shape index (κ3) is 2.54. The zero-order chi connectivity index (χ0) is 16.8. The van der Waals surface area contributed by atoms with E-state index >= 15 is 0 Å². The Morgan fingerprint density at radius 1 is 1.12 bits per heavy atom. The van der Waals surface area contributed by atoms with Crippen LogP contribution in [0.2, 0.25) is 0 Å². The molecule has 0 spiro atoms. The number of hydrogen-bond acceptors (Lipinski definition) is 5. The van der Waals surface area contributed by atoms with Crippen molar-refractivity contribution in [1.29, 1.82) is 0 Å². The van der Waals surface area contributed by atoms with E-state index in [4.69, 9.17) is 9.47 Å². The molecule has 0 radical (unpaired) electrons. The van der Waals surface area contributed by atoms with Crippen molar-refractivity contribution in [3.8, 4) is 11.5 Å². The number of rotatable bonds is 3. The van der Waals surface area contributed by atoms with Crippen molar-refractivity contribution < 1.29 is 14.3 Å². The van der Waals surface area contributed by atoms with Gasteiger partial charge in [-0.3, -0.25) is 4.79 Å². The van der Waals surface area contributed by atoms with Crippen LogP contribution in [-0.4, -0.2) is 44.4 Å². The zero-order valence-electron chi connectivity index (χ0n) is 13.9. The molecule has 2 saturated heterocycles. The van der Waals surface area contributed by atoms with E-state index in [2.05, 4.69) is 15.0 Å². The summed E-state index contributed by atoms with van der Waals surface area (Å²) in [5.74, 6) is 1.70. The molecule has 4 heterocycles. The van der Waals surface area contributed by atoms with Crippen LogP contribution < -0.4 is 9.47 Å². The van der Waals surface area contributed by atoms with Crippen molar-refractivity contribution >= 4 is 5.91 Å². The Balaban J connectivity index is 1.30. The molecule has 2 unspecified atom stereocenters. The van der Waals surface area contributed by atoms with Crippen molar-refractivity contribution in [1.82, 2.24) is 19.7 Å². The van der Waals surface area contributed by atoms with Gasteiger partial charge in [0.25, 0.3) is 0 Å². The van der Waals surface area contributed by atoms with Gasteiger partial charge in [0.05, 0.1) is 12.5 Å². The second kappa shape index (κ2) is 5.75. The summed E-state index contributed by atoms with van der Waals surface area (Å²) in [7, 11) is 0. The second-order valence-electron chi connectivity index (χ2n) is 7.05. The summed E-state index contributed by atoms with van der Waals surface area (Å²) in [6.45, 7) is 0.257. The summed E-state index contributed by atoms with van der Waals surface area (Å²) in [4.78, 5) is 19.1. The van der Waals surface area contributed by atoms with E-state index in [-0.39, 0.29) is 12.7 Å². The Labute approximate surface area is 145 Å². The van der Waals surface area contributed by atoms with Crippen LogP contribution in [0, 0.1) is 0 Å². The first-order valence-corrected chi connectivity index (χ1v) is 8.82. The lowest BCUT2D eigenvalue weighted by Crippen LogP contribution is -2.47. The molecule has 1 aromatic carbocycles. The van der Waals surface area contributed by atoms with Gasteiger partial charge in [0.15, 0.2) is 11.5 Å². The highest BCUT2D eigenvalue weighted by Crippen LogP contribution is 2.41. The van der Waals surface area contributed by atoms with E-state index in [9.17, 15) is 4.79 Å². The molecule has 2 aromatic rings. The average Bonchev–Trinajstić information content (AvgIpc) is 3.34. The summed E-state index contributed by atoms with van der Waals surface area (Å²) < 4.78 is 12.7. The molecule has 2 bridgehead atoms. The van der Waals surface area contributed by atoms with Crippen LogP contribution in [-0.2, 0) is 11.2 Å². The van der Waals surface area contributed by atoms with Gasteiger partial charge in [-0.05, 0) is 43.4 Å². The van der Waals surface area contributed by atoms with Crippen molar-refractivity contribution in [2.24, 2.45) is 0 Å². The number of carbonyl (C=O) groups is 1. The maximum absolute atomic E-state index is 12.9. The van der Waals surface area contributed by atoms with Gasteiger partial charge in [0.1, 0.15) is 12.7 Å². The quantitative estimate of drug-likeness (QED) is 0.854. The van der Waals surface area contributed by atoms with E-state index in [0.29, 0.717) is 24.5 Å². The molecule has 2 atom stereocenters. The van der Waals surface area contributed by atoms with Gasteiger partial charge in [-0.15, -0.1) is 0 Å². The van der Waals surface area contributed by atoms with E-state index in [1.807, 2.05) is 22.9 Å². The van der Waals surface area contributed by atoms with Crippen LogP contribution in [0.5, 0.6) is 11.5 Å². The molecule has 0 aliphatic carbocycles. The topological polar surface area (TPSA) is 69.5 Å². The molecule has 5 rings (SSSR count). The van der Waals surface area contributed by atoms with Gasteiger partial charge in [-0.25, -0.2) is 9.67 Å². The molecule has 130 valence electrons. The van der Waals surface area contributed by atoms with Crippen molar-refractivity contribution in [3.63, 3.8) is 0 Å². The van der Waals surface area contributed by atoms with Crippen molar-refractivity contribution in [2.45, 2.75) is 50.2 Å². The number of hydrogen-bond donors (Lipinski definition) is 0. The largest absolute Gasteiger partial charge is 0.454 e. The Morgan fingerprint density at radius 2 is 1.92 bits per heavy atom. The minimum absolute atomic E-state index is 0.211. The summed E-state index contributed by atoms with van der Waals surface area (Å²) in [5.41, 5.74) is 0.979. The predicted molar refractivity (Wildman–Crippen MR) is 88.2 cm³/mol. The summed E-state index contributed by atoms with van der Waals surface area (Å²) in [6, 6.07) is 6.74. The van der Waals surface area contributed by atoms with Crippen LogP contribution in [0.4, 0.5) is 0 Å². The second-order valence-corrected chi connectivity index (χ2v) is 7.05. The molecule has 3 aliphatic heterocycles. The molecule has 7 nitrogen and oxygen atoms in total. The SMILES string of the molecule is O=C(Cc1ccc2c(c1)OCO2)N1C2CCC1CC(n1cncn1)C2. The van der Waals surface area contributed by atoms with Crippen molar-refractivity contribution in [2.75, 3.05) is 6.79 Å². The normalized spacial score (nSPS) is 26.9. The zero-order valence-corrected chi connectivity index (χ0v) is 13.9. The Hall–Kier alpha value is -2.57. The Kier molecular flexibility index (Phi) is 3.39. The number of aromatic nitrogens is 3. The highest BCUT2D eigenvalue weighted by molar-refractivity contribution is 5.80. The number of ether oxygens (including phenoxy) is 2. The average molecular weight is 340 g/mol. The van der Waals surface area contributed by atoms with Crippen molar-refractivity contribution in [3.05, 3.63) is 36.4 Å². The van der Waals surface area contributed by atoms with Crippen LogP contribution in [0.25, 0.3) is 0 Å². The lowest BCUT2D eigenvalue weighted by molar-refractivity contribution is -0.135. The highest BCUT2D eigenvalue weighted by Gasteiger charge is 2.43. The maximum atomic E-state index is 12.9. The number of amides is 1. The molecule has 0 saturated carbocycles. The molecular formula is C18H20N4O3. The molecule has 1 aromatic heterocycles. The van der Waals surface area contributed by atoms with Crippen LogP contribution >= 0.6 is 0 Å². The van der Waals surface area contributed by atoms with Gasteiger partial charge in [-0.2, -0.15) is 5.10 Å². The van der Waals surface area contributed by atoms with Gasteiger partial charge in [0.2, 0.25) is 12.7 Å². The Bertz CT molecular complexity index is 778. The van der Waals surface area contributed by atoms with E-state index in [0.717, 1.165) is 42.7 Å². The number of fused-ring (bicyclic) bond motifs is 3. The van der Waals surface area contributed by atoms with Crippen LogP contribution in [0.1, 0.15) is 37.3 Å². The van der Waals surface area contributed by atoms with Gasteiger partial charge < -0.3 is 14.4 Å². The van der Waals surface area contributed by atoms with E-state index in [1.165, 1.54) is 0 Å². The Morgan fingerprint density at radius 3 is 2.68 bits per heavy atom. The molecule has 2 fully saturated rings. The van der Waals surface area contributed by atoms with Gasteiger partial charge in [0, 0.05) is 12.1 Å². The monoisotopic (exact) mass is 340 g/mol. The summed E-state index contributed by atoms with van der Waals surface area (Å²) in [5, 5.41) is 4.28. The molecule has 25 heavy (non-hydrogen) atoms. The maximum Gasteiger partial charge on any atom is 0.231 e. The molecule has 7 heteroatoms. The van der Waals surface area contributed by atoms with Crippen LogP contribution in [0.15, 0.2) is 30.9 Å². The third-order valence-corrected chi connectivity index (χ3v) is 5.60. The lowest BCUT2D eigenvalue weighted by atomic mass is 9.96. The predicted octanol–water partition coefficient (Wildman–Crippen LogP) is 1.94. The number of carbonyl (C=O) groups excluding carboxylic acids is 1. The fourth-order valence-electron chi connectivity index (χ4n) is 4.49. The fraction of sp³-hybridized carbons (Fsp3) is 0.500. The first kappa shape index (κ1) is 14.7. The smallest absolute Gasteiger partial charge is 0.231 e. The summed E-state index contributed by atoms with van der Waals surface area (Å²) in [6.07, 6.45) is 7.88. The molecule has 0 N–H and O–H groups in total. The number of nitrogens with zero attached hydrogens (tertiary/aromatic N) is 4. The minimum Gasteiger partial charge on any atom is -0.454 e. The summed E-state index contributed by atoms with van der Waals surface area (Å²) >= 11 is 0. The number of benzene rings is 1.